The van der Waals surface area contributed by atoms with Crippen LogP contribution in [0.25, 0.3) is 11.3 Å². The van der Waals surface area contributed by atoms with E-state index in [9.17, 15) is 9.18 Å². The summed E-state index contributed by atoms with van der Waals surface area (Å²) in [5, 5.41) is 4.43. The number of hydrogen-bond donors (Lipinski definition) is 0. The number of aromatic nitrogens is 2. The molecular formula is C27H30FN5O2. The average molecular weight is 476 g/mol. The normalized spacial score (nSPS) is 16.8. The van der Waals surface area contributed by atoms with E-state index in [1.165, 1.54) is 17.7 Å². The molecule has 1 saturated heterocycles. The maximum atomic E-state index is 13.2. The summed E-state index contributed by atoms with van der Waals surface area (Å²) >= 11 is 0. The first-order valence-corrected chi connectivity index (χ1v) is 12.0. The molecule has 1 amide bonds. The number of ether oxygens (including phenoxy) is 1. The number of amides is 1. The number of carbonyl (C=O) groups is 1. The van der Waals surface area contributed by atoms with Crippen molar-refractivity contribution in [3.05, 3.63) is 78.4 Å². The lowest BCUT2D eigenvalue weighted by Gasteiger charge is -2.37. The van der Waals surface area contributed by atoms with Gasteiger partial charge in [-0.1, -0.05) is 12.1 Å². The lowest BCUT2D eigenvalue weighted by Crippen LogP contribution is -2.51. The van der Waals surface area contributed by atoms with Gasteiger partial charge in [0.25, 0.3) is 0 Å². The summed E-state index contributed by atoms with van der Waals surface area (Å²) in [7, 11) is 1.68. The maximum absolute atomic E-state index is 13.2. The Balaban J connectivity index is 1.12. The standard InChI is InChI=1S/C27H30FN5O2/c1-35-26-4-2-3-25(17-26)31-13-15-32(16-14-31)27(34)20-30-11-9-21(10-12-30)22-18-29-33(19-22)24-7-5-23(28)6-8-24/h2-9,17-19H,10-16,20H2,1H3. The molecule has 1 aromatic heterocycles. The van der Waals surface area contributed by atoms with Crippen LogP contribution in [0, 0.1) is 5.82 Å². The number of piperazine rings is 1. The number of halogens is 1. The Hall–Kier alpha value is -3.65. The summed E-state index contributed by atoms with van der Waals surface area (Å²) in [5.74, 6) is 0.780. The highest BCUT2D eigenvalue weighted by atomic mass is 19.1. The van der Waals surface area contributed by atoms with Crippen molar-refractivity contribution in [2.45, 2.75) is 6.42 Å². The van der Waals surface area contributed by atoms with E-state index >= 15 is 0 Å². The minimum atomic E-state index is -0.260. The Morgan fingerprint density at radius 1 is 1.03 bits per heavy atom. The fourth-order valence-electron chi connectivity index (χ4n) is 4.65. The third kappa shape index (κ3) is 5.38. The van der Waals surface area contributed by atoms with Crippen molar-refractivity contribution in [3.8, 4) is 11.4 Å². The first-order chi connectivity index (χ1) is 17.1. The second kappa shape index (κ2) is 10.3. The summed E-state index contributed by atoms with van der Waals surface area (Å²) in [6, 6.07) is 14.4. The van der Waals surface area contributed by atoms with Crippen LogP contribution in [-0.4, -0.2) is 78.4 Å². The molecule has 0 atom stereocenters. The summed E-state index contributed by atoms with van der Waals surface area (Å²) in [4.78, 5) is 19.4. The van der Waals surface area contributed by atoms with Crippen molar-refractivity contribution in [1.82, 2.24) is 19.6 Å². The van der Waals surface area contributed by atoms with Gasteiger partial charge in [-0.3, -0.25) is 9.69 Å². The van der Waals surface area contributed by atoms with Gasteiger partial charge in [0.2, 0.25) is 5.91 Å². The van der Waals surface area contributed by atoms with Gasteiger partial charge in [-0.05, 0) is 48.4 Å². The molecule has 3 heterocycles. The van der Waals surface area contributed by atoms with Gasteiger partial charge in [0.15, 0.2) is 0 Å². The van der Waals surface area contributed by atoms with E-state index in [1.54, 1.807) is 23.9 Å². The molecule has 0 N–H and O–H groups in total. The molecule has 1 fully saturated rings. The van der Waals surface area contributed by atoms with Crippen LogP contribution < -0.4 is 9.64 Å². The Morgan fingerprint density at radius 2 is 1.83 bits per heavy atom. The second-order valence-corrected chi connectivity index (χ2v) is 8.93. The van der Waals surface area contributed by atoms with Gasteiger partial charge in [0.1, 0.15) is 11.6 Å². The van der Waals surface area contributed by atoms with Gasteiger partial charge in [-0.15, -0.1) is 0 Å². The minimum Gasteiger partial charge on any atom is -0.497 e. The molecule has 2 aliphatic rings. The molecule has 3 aromatic rings. The largest absolute Gasteiger partial charge is 0.497 e. The van der Waals surface area contributed by atoms with E-state index in [0.717, 1.165) is 68.4 Å². The van der Waals surface area contributed by atoms with Crippen LogP contribution in [0.2, 0.25) is 0 Å². The number of methoxy groups -OCH3 is 1. The fourth-order valence-corrected chi connectivity index (χ4v) is 4.65. The molecule has 0 bridgehead atoms. The fraction of sp³-hybridized carbons (Fsp3) is 0.333. The third-order valence-electron chi connectivity index (χ3n) is 6.75. The molecule has 0 saturated carbocycles. The predicted molar refractivity (Wildman–Crippen MR) is 134 cm³/mol. The molecular weight excluding hydrogens is 445 g/mol. The molecule has 5 rings (SSSR count). The molecule has 0 unspecified atom stereocenters. The Labute approximate surface area is 205 Å². The number of carbonyl (C=O) groups excluding carboxylic acids is 1. The van der Waals surface area contributed by atoms with Gasteiger partial charge in [0, 0.05) is 62.8 Å². The lowest BCUT2D eigenvalue weighted by molar-refractivity contribution is -0.132. The van der Waals surface area contributed by atoms with E-state index in [0.29, 0.717) is 6.54 Å². The van der Waals surface area contributed by atoms with Crippen LogP contribution in [-0.2, 0) is 4.79 Å². The topological polar surface area (TPSA) is 53.8 Å². The van der Waals surface area contributed by atoms with E-state index in [2.05, 4.69) is 27.0 Å². The number of rotatable bonds is 6. The van der Waals surface area contributed by atoms with Crippen LogP contribution >= 0.6 is 0 Å². The van der Waals surface area contributed by atoms with E-state index in [1.807, 2.05) is 35.5 Å². The molecule has 2 aliphatic heterocycles. The van der Waals surface area contributed by atoms with Crippen molar-refractivity contribution >= 4 is 17.2 Å². The van der Waals surface area contributed by atoms with Gasteiger partial charge >= 0.3 is 0 Å². The summed E-state index contributed by atoms with van der Waals surface area (Å²) < 4.78 is 20.3. The smallest absolute Gasteiger partial charge is 0.236 e. The summed E-state index contributed by atoms with van der Waals surface area (Å²) in [5.41, 5.74) is 4.25. The number of benzene rings is 2. The third-order valence-corrected chi connectivity index (χ3v) is 6.75. The van der Waals surface area contributed by atoms with Gasteiger partial charge in [0.05, 0.1) is 25.5 Å². The van der Waals surface area contributed by atoms with Crippen LogP contribution in [0.3, 0.4) is 0 Å². The van der Waals surface area contributed by atoms with Gasteiger partial charge in [-0.2, -0.15) is 5.10 Å². The highest BCUT2D eigenvalue weighted by molar-refractivity contribution is 5.79. The molecule has 182 valence electrons. The highest BCUT2D eigenvalue weighted by Gasteiger charge is 2.24. The SMILES string of the molecule is COc1cccc(N2CCN(C(=O)CN3CC=C(c4cnn(-c5ccc(F)cc5)c4)CC3)CC2)c1. The summed E-state index contributed by atoms with van der Waals surface area (Å²) in [6.07, 6.45) is 6.87. The molecule has 7 nitrogen and oxygen atoms in total. The highest BCUT2D eigenvalue weighted by Crippen LogP contribution is 2.24. The van der Waals surface area contributed by atoms with Crippen molar-refractivity contribution in [3.63, 3.8) is 0 Å². The zero-order valence-corrected chi connectivity index (χ0v) is 19.9. The Bertz CT molecular complexity index is 1200. The van der Waals surface area contributed by atoms with E-state index in [4.69, 9.17) is 4.74 Å². The van der Waals surface area contributed by atoms with Gasteiger partial charge < -0.3 is 14.5 Å². The molecule has 2 aromatic carbocycles. The second-order valence-electron chi connectivity index (χ2n) is 8.93. The molecule has 0 spiro atoms. The molecule has 0 aliphatic carbocycles. The quantitative estimate of drug-likeness (QED) is 0.547. The first-order valence-electron chi connectivity index (χ1n) is 12.0. The Morgan fingerprint density at radius 3 is 2.54 bits per heavy atom. The first kappa shape index (κ1) is 23.1. The lowest BCUT2D eigenvalue weighted by atomic mass is 10.0. The average Bonchev–Trinajstić information content (AvgIpc) is 3.40. The maximum Gasteiger partial charge on any atom is 0.236 e. The van der Waals surface area contributed by atoms with E-state index < -0.39 is 0 Å². The van der Waals surface area contributed by atoms with Crippen molar-refractivity contribution < 1.29 is 13.9 Å². The van der Waals surface area contributed by atoms with Crippen LogP contribution in [0.4, 0.5) is 10.1 Å². The Kier molecular flexibility index (Phi) is 6.81. The van der Waals surface area contributed by atoms with Crippen LogP contribution in [0.5, 0.6) is 5.75 Å². The van der Waals surface area contributed by atoms with Crippen LogP contribution in [0.15, 0.2) is 67.0 Å². The predicted octanol–water partition coefficient (Wildman–Crippen LogP) is 3.46. The number of nitrogens with zero attached hydrogens (tertiary/aromatic N) is 5. The monoisotopic (exact) mass is 475 g/mol. The van der Waals surface area contributed by atoms with Crippen molar-refractivity contribution in [2.75, 3.05) is 57.8 Å². The van der Waals surface area contributed by atoms with Crippen LogP contribution in [0.1, 0.15) is 12.0 Å². The van der Waals surface area contributed by atoms with Crippen molar-refractivity contribution in [1.29, 1.82) is 0 Å². The minimum absolute atomic E-state index is 0.191. The van der Waals surface area contributed by atoms with Gasteiger partial charge in [-0.25, -0.2) is 9.07 Å². The summed E-state index contributed by atoms with van der Waals surface area (Å²) in [6.45, 7) is 5.12. The molecule has 8 heteroatoms. The zero-order chi connectivity index (χ0) is 24.2. The van der Waals surface area contributed by atoms with Crippen molar-refractivity contribution in [2.24, 2.45) is 0 Å². The van der Waals surface area contributed by atoms with E-state index in [-0.39, 0.29) is 11.7 Å². The zero-order valence-electron chi connectivity index (χ0n) is 19.9. The molecule has 35 heavy (non-hydrogen) atoms. The number of anilines is 1. The molecule has 0 radical (unpaired) electrons. The number of hydrogen-bond acceptors (Lipinski definition) is 5.